The van der Waals surface area contributed by atoms with Crippen molar-refractivity contribution in [3.8, 4) is 0 Å². The van der Waals surface area contributed by atoms with Gasteiger partial charge in [-0.25, -0.2) is 0 Å². The normalized spacial score (nSPS) is 15.8. The molecule has 0 bridgehead atoms. The molecule has 32 heavy (non-hydrogen) atoms. The highest BCUT2D eigenvalue weighted by Gasteiger charge is 2.26. The maximum atomic E-state index is 2.51. The predicted molar refractivity (Wildman–Crippen MR) is 136 cm³/mol. The van der Waals surface area contributed by atoms with Gasteiger partial charge in [0.1, 0.15) is 0 Å². The molecule has 0 saturated carbocycles. The van der Waals surface area contributed by atoms with Gasteiger partial charge in [-0.2, -0.15) is 0 Å². The topological polar surface area (TPSA) is 6.48 Å². The minimum Gasteiger partial charge on any atom is -0.363 e. The molecule has 0 amide bonds. The van der Waals surface area contributed by atoms with Gasteiger partial charge in [-0.05, 0) is 68.5 Å². The van der Waals surface area contributed by atoms with E-state index in [4.69, 9.17) is 0 Å². The van der Waals surface area contributed by atoms with Crippen LogP contribution in [0.15, 0.2) is 60.7 Å². The first kappa shape index (κ1) is 21.1. The molecule has 0 aliphatic carbocycles. The molecular formula is C30H36N2. The van der Waals surface area contributed by atoms with Gasteiger partial charge in [-0.3, -0.25) is 0 Å². The molecule has 0 radical (unpaired) electrons. The van der Waals surface area contributed by atoms with Crippen molar-refractivity contribution in [2.75, 3.05) is 9.80 Å². The first-order chi connectivity index (χ1) is 15.1. The predicted octanol–water partition coefficient (Wildman–Crippen LogP) is 7.32. The molecule has 0 atom stereocenters. The van der Waals surface area contributed by atoms with Crippen molar-refractivity contribution in [3.05, 3.63) is 94.0 Å². The molecule has 3 aromatic carbocycles. The number of hydrogen-bond donors (Lipinski definition) is 0. The zero-order valence-corrected chi connectivity index (χ0v) is 20.5. The van der Waals surface area contributed by atoms with Crippen LogP contribution < -0.4 is 9.80 Å². The number of rotatable bonds is 2. The van der Waals surface area contributed by atoms with E-state index in [2.05, 4.69) is 112 Å². The largest absolute Gasteiger partial charge is 0.363 e. The van der Waals surface area contributed by atoms with Crippen LogP contribution in [0, 0.1) is 0 Å². The number of hydrogen-bond acceptors (Lipinski definition) is 2. The molecule has 0 fully saturated rings. The van der Waals surface area contributed by atoms with E-state index in [-0.39, 0.29) is 10.8 Å². The maximum Gasteiger partial charge on any atom is 0.0436 e. The minimum absolute atomic E-state index is 0.201. The van der Waals surface area contributed by atoms with E-state index in [9.17, 15) is 0 Å². The monoisotopic (exact) mass is 424 g/mol. The van der Waals surface area contributed by atoms with E-state index in [0.717, 1.165) is 26.2 Å². The van der Waals surface area contributed by atoms with Crippen molar-refractivity contribution < 1.29 is 0 Å². The van der Waals surface area contributed by atoms with Gasteiger partial charge in [0.2, 0.25) is 0 Å². The molecule has 0 N–H and O–H groups in total. The smallest absolute Gasteiger partial charge is 0.0436 e. The Morgan fingerprint density at radius 3 is 1.00 bits per heavy atom. The molecule has 3 aromatic rings. The van der Waals surface area contributed by atoms with Crippen LogP contribution in [-0.2, 0) is 37.0 Å². The summed E-state index contributed by atoms with van der Waals surface area (Å²) in [5, 5.41) is 0. The van der Waals surface area contributed by atoms with Gasteiger partial charge in [0.25, 0.3) is 0 Å². The first-order valence-electron chi connectivity index (χ1n) is 11.9. The lowest BCUT2D eigenvalue weighted by molar-refractivity contribution is 0.590. The van der Waals surface area contributed by atoms with Crippen LogP contribution in [0.5, 0.6) is 0 Å². The number of anilines is 2. The fourth-order valence-corrected chi connectivity index (χ4v) is 5.02. The van der Waals surface area contributed by atoms with E-state index < -0.39 is 0 Å². The molecule has 2 aliphatic rings. The SMILES string of the molecule is CC(C)(C)c1ccc(N2Cc3cc4c(cc3C2)CN(c2ccc(C(C)(C)C)cc2)C4)cc1. The Morgan fingerprint density at radius 2 is 0.750 bits per heavy atom. The summed E-state index contributed by atoms with van der Waals surface area (Å²) in [6.07, 6.45) is 0. The number of fused-ring (bicyclic) bond motifs is 2. The van der Waals surface area contributed by atoms with Crippen LogP contribution in [0.1, 0.15) is 74.9 Å². The van der Waals surface area contributed by atoms with E-state index >= 15 is 0 Å². The third kappa shape index (κ3) is 3.92. The quantitative estimate of drug-likeness (QED) is 0.425. The summed E-state index contributed by atoms with van der Waals surface area (Å²) >= 11 is 0. The molecule has 2 aliphatic heterocycles. The van der Waals surface area contributed by atoms with Crippen LogP contribution in [-0.4, -0.2) is 0 Å². The third-order valence-electron chi connectivity index (χ3n) is 7.16. The lowest BCUT2D eigenvalue weighted by Gasteiger charge is -2.22. The summed E-state index contributed by atoms with van der Waals surface area (Å²) in [5.74, 6) is 0. The van der Waals surface area contributed by atoms with Gasteiger partial charge in [-0.1, -0.05) is 77.9 Å². The molecule has 0 unspecified atom stereocenters. The highest BCUT2D eigenvalue weighted by molar-refractivity contribution is 5.58. The van der Waals surface area contributed by atoms with Crippen molar-refractivity contribution in [2.45, 2.75) is 78.6 Å². The van der Waals surface area contributed by atoms with E-state index in [1.54, 1.807) is 0 Å². The summed E-state index contributed by atoms with van der Waals surface area (Å²) < 4.78 is 0. The highest BCUT2D eigenvalue weighted by Crippen LogP contribution is 2.36. The summed E-state index contributed by atoms with van der Waals surface area (Å²) in [7, 11) is 0. The van der Waals surface area contributed by atoms with Gasteiger partial charge < -0.3 is 9.80 Å². The van der Waals surface area contributed by atoms with Crippen molar-refractivity contribution in [2.24, 2.45) is 0 Å². The van der Waals surface area contributed by atoms with Gasteiger partial charge in [0, 0.05) is 37.6 Å². The Kier molecular flexibility index (Phi) is 4.89. The van der Waals surface area contributed by atoms with Crippen molar-refractivity contribution in [1.29, 1.82) is 0 Å². The molecule has 2 heteroatoms. The van der Waals surface area contributed by atoms with Crippen LogP contribution in [0.2, 0.25) is 0 Å². The lowest BCUT2D eigenvalue weighted by Crippen LogP contribution is -2.16. The van der Waals surface area contributed by atoms with Gasteiger partial charge >= 0.3 is 0 Å². The van der Waals surface area contributed by atoms with Gasteiger partial charge in [-0.15, -0.1) is 0 Å². The Hall–Kier alpha value is -2.74. The molecule has 2 heterocycles. The fourth-order valence-electron chi connectivity index (χ4n) is 5.02. The second kappa shape index (κ2) is 7.40. The lowest BCUT2D eigenvalue weighted by atomic mass is 9.87. The van der Waals surface area contributed by atoms with Crippen molar-refractivity contribution in [1.82, 2.24) is 0 Å². The van der Waals surface area contributed by atoms with Crippen LogP contribution in [0.3, 0.4) is 0 Å². The Balaban J connectivity index is 1.30. The highest BCUT2D eigenvalue weighted by atomic mass is 15.2. The summed E-state index contributed by atoms with van der Waals surface area (Å²) in [6.45, 7) is 17.7. The molecule has 5 rings (SSSR count). The van der Waals surface area contributed by atoms with Crippen molar-refractivity contribution >= 4 is 11.4 Å². The molecular weight excluding hydrogens is 388 g/mol. The van der Waals surface area contributed by atoms with E-state index in [1.165, 1.54) is 44.8 Å². The molecule has 0 spiro atoms. The fraction of sp³-hybridized carbons (Fsp3) is 0.400. The van der Waals surface area contributed by atoms with Gasteiger partial charge in [0.05, 0.1) is 0 Å². The Bertz CT molecular complexity index is 1000. The second-order valence-electron chi connectivity index (χ2n) is 11.7. The summed E-state index contributed by atoms with van der Waals surface area (Å²) in [5.41, 5.74) is 11.8. The standard InChI is InChI=1S/C30H36N2/c1-29(2,3)25-7-11-27(12-8-25)31-17-21-15-23-19-32(20-24(23)16-22(21)18-31)28-13-9-26(10-14-28)30(4,5)6/h7-16H,17-20H2,1-6H3. The van der Waals surface area contributed by atoms with Crippen molar-refractivity contribution in [3.63, 3.8) is 0 Å². The number of nitrogens with zero attached hydrogens (tertiary/aromatic N) is 2. The molecule has 2 nitrogen and oxygen atoms in total. The molecule has 0 aromatic heterocycles. The summed E-state index contributed by atoms with van der Waals surface area (Å²) in [6, 6.07) is 23.3. The zero-order chi connectivity index (χ0) is 22.7. The van der Waals surface area contributed by atoms with Crippen LogP contribution in [0.4, 0.5) is 11.4 Å². The van der Waals surface area contributed by atoms with Crippen LogP contribution in [0.25, 0.3) is 0 Å². The first-order valence-corrected chi connectivity index (χ1v) is 11.9. The van der Waals surface area contributed by atoms with Crippen LogP contribution >= 0.6 is 0 Å². The maximum absolute atomic E-state index is 2.51. The Labute approximate surface area is 193 Å². The minimum atomic E-state index is 0.201. The second-order valence-corrected chi connectivity index (χ2v) is 11.7. The average Bonchev–Trinajstić information content (AvgIpc) is 3.34. The molecule has 166 valence electrons. The Morgan fingerprint density at radius 1 is 0.469 bits per heavy atom. The van der Waals surface area contributed by atoms with Gasteiger partial charge in [0.15, 0.2) is 0 Å². The summed E-state index contributed by atoms with van der Waals surface area (Å²) in [4.78, 5) is 5.02. The average molecular weight is 425 g/mol. The third-order valence-corrected chi connectivity index (χ3v) is 7.16. The zero-order valence-electron chi connectivity index (χ0n) is 20.5. The molecule has 0 saturated heterocycles. The van der Waals surface area contributed by atoms with E-state index in [1.807, 2.05) is 0 Å². The number of benzene rings is 3. The van der Waals surface area contributed by atoms with E-state index in [0.29, 0.717) is 0 Å².